The van der Waals surface area contributed by atoms with E-state index in [9.17, 15) is 4.39 Å². The summed E-state index contributed by atoms with van der Waals surface area (Å²) in [5, 5.41) is 11.4. The Morgan fingerprint density at radius 1 is 1.14 bits per heavy atom. The molecule has 0 unspecified atom stereocenters. The van der Waals surface area contributed by atoms with Crippen LogP contribution in [-0.4, -0.2) is 27.3 Å². The van der Waals surface area contributed by atoms with E-state index in [0.29, 0.717) is 17.3 Å². The molecule has 1 heterocycles. The van der Waals surface area contributed by atoms with Gasteiger partial charge in [0.15, 0.2) is 5.82 Å². The molecule has 0 atom stereocenters. The molecule has 0 radical (unpaired) electrons. The molecule has 0 saturated carbocycles. The zero-order valence-electron chi connectivity index (χ0n) is 11.2. The summed E-state index contributed by atoms with van der Waals surface area (Å²) in [5.41, 5.74) is 7.23. The number of ether oxygens (including phenoxy) is 1. The Balaban J connectivity index is 2.13. The van der Waals surface area contributed by atoms with E-state index in [-0.39, 0.29) is 5.69 Å². The van der Waals surface area contributed by atoms with Crippen molar-refractivity contribution in [2.45, 2.75) is 0 Å². The predicted molar refractivity (Wildman–Crippen MR) is 75.5 cm³/mol. The molecule has 6 nitrogen and oxygen atoms in total. The van der Waals surface area contributed by atoms with Crippen LogP contribution in [0.15, 0.2) is 42.5 Å². The Morgan fingerprint density at radius 2 is 1.90 bits per heavy atom. The van der Waals surface area contributed by atoms with Crippen LogP contribution in [0.4, 0.5) is 10.1 Å². The zero-order valence-corrected chi connectivity index (χ0v) is 11.2. The second-order valence-electron chi connectivity index (χ2n) is 4.35. The quantitative estimate of drug-likeness (QED) is 0.745. The predicted octanol–water partition coefficient (Wildman–Crippen LogP) is 2.06. The number of anilines is 1. The van der Waals surface area contributed by atoms with E-state index in [2.05, 4.69) is 15.5 Å². The van der Waals surface area contributed by atoms with Crippen LogP contribution in [0.25, 0.3) is 17.1 Å². The number of nitrogens with two attached hydrogens (primary N) is 1. The van der Waals surface area contributed by atoms with E-state index in [0.717, 1.165) is 5.56 Å². The van der Waals surface area contributed by atoms with Crippen molar-refractivity contribution in [1.82, 2.24) is 20.2 Å². The first-order valence-corrected chi connectivity index (χ1v) is 6.17. The highest BCUT2D eigenvalue weighted by molar-refractivity contribution is 5.60. The Bertz CT molecular complexity index is 769. The van der Waals surface area contributed by atoms with Crippen LogP contribution >= 0.6 is 0 Å². The van der Waals surface area contributed by atoms with Crippen molar-refractivity contribution in [3.05, 3.63) is 48.3 Å². The van der Waals surface area contributed by atoms with Gasteiger partial charge in [0.05, 0.1) is 7.11 Å². The van der Waals surface area contributed by atoms with Crippen molar-refractivity contribution < 1.29 is 9.13 Å². The summed E-state index contributed by atoms with van der Waals surface area (Å²) in [6.45, 7) is 0. The van der Waals surface area contributed by atoms with Gasteiger partial charge in [-0.3, -0.25) is 0 Å². The van der Waals surface area contributed by atoms with Gasteiger partial charge in [0.1, 0.15) is 17.3 Å². The number of hydrogen-bond donors (Lipinski definition) is 1. The van der Waals surface area contributed by atoms with E-state index in [1.165, 1.54) is 30.0 Å². The molecule has 3 aromatic rings. The summed E-state index contributed by atoms with van der Waals surface area (Å²) < 4.78 is 20.5. The Labute approximate surface area is 120 Å². The number of benzene rings is 2. The van der Waals surface area contributed by atoms with Gasteiger partial charge in [-0.15, -0.1) is 5.10 Å². The van der Waals surface area contributed by atoms with E-state index in [1.807, 2.05) is 0 Å². The fourth-order valence-electron chi connectivity index (χ4n) is 1.94. The van der Waals surface area contributed by atoms with Gasteiger partial charge in [-0.2, -0.15) is 4.68 Å². The Hall–Kier alpha value is -2.96. The second kappa shape index (κ2) is 5.20. The summed E-state index contributed by atoms with van der Waals surface area (Å²) in [6, 6.07) is 11.4. The van der Waals surface area contributed by atoms with Gasteiger partial charge < -0.3 is 10.5 Å². The molecule has 0 amide bonds. The summed E-state index contributed by atoms with van der Waals surface area (Å²) >= 11 is 0. The zero-order chi connectivity index (χ0) is 14.8. The molecule has 7 heteroatoms. The number of methoxy groups -OCH3 is 1. The minimum atomic E-state index is -0.445. The van der Waals surface area contributed by atoms with Gasteiger partial charge in [-0.25, -0.2) is 4.39 Å². The third-order valence-corrected chi connectivity index (χ3v) is 3.02. The molecule has 0 aliphatic rings. The first-order chi connectivity index (χ1) is 10.2. The topological polar surface area (TPSA) is 78.8 Å². The lowest BCUT2D eigenvalue weighted by molar-refractivity contribution is 0.413. The van der Waals surface area contributed by atoms with Gasteiger partial charge >= 0.3 is 0 Å². The van der Waals surface area contributed by atoms with E-state index >= 15 is 0 Å². The van der Waals surface area contributed by atoms with Crippen molar-refractivity contribution in [3.63, 3.8) is 0 Å². The van der Waals surface area contributed by atoms with Crippen molar-refractivity contribution in [2.75, 3.05) is 12.8 Å². The number of rotatable bonds is 3. The van der Waals surface area contributed by atoms with Gasteiger partial charge in [-0.1, -0.05) is 0 Å². The summed E-state index contributed by atoms with van der Waals surface area (Å²) in [4.78, 5) is 0. The van der Waals surface area contributed by atoms with Crippen molar-refractivity contribution in [2.24, 2.45) is 0 Å². The van der Waals surface area contributed by atoms with Gasteiger partial charge in [0, 0.05) is 17.3 Å². The highest BCUT2D eigenvalue weighted by Crippen LogP contribution is 2.24. The first-order valence-electron chi connectivity index (χ1n) is 6.17. The lowest BCUT2D eigenvalue weighted by Crippen LogP contribution is -2.03. The summed E-state index contributed by atoms with van der Waals surface area (Å²) in [7, 11) is 1.51. The van der Waals surface area contributed by atoms with E-state index < -0.39 is 5.82 Å². The minimum Gasteiger partial charge on any atom is -0.497 e. The number of nitrogen functional groups attached to an aromatic ring is 1. The highest BCUT2D eigenvalue weighted by atomic mass is 19.1. The Kier molecular flexibility index (Phi) is 3.23. The molecule has 0 spiro atoms. The molecule has 2 aromatic carbocycles. The third kappa shape index (κ3) is 2.40. The number of tetrazole rings is 1. The molecule has 0 fully saturated rings. The molecule has 0 aliphatic carbocycles. The van der Waals surface area contributed by atoms with Crippen molar-refractivity contribution in [1.29, 1.82) is 0 Å². The van der Waals surface area contributed by atoms with Gasteiger partial charge in [-0.05, 0) is 46.8 Å². The van der Waals surface area contributed by atoms with Crippen LogP contribution in [0, 0.1) is 5.82 Å². The molecule has 2 N–H and O–H groups in total. The van der Waals surface area contributed by atoms with Crippen molar-refractivity contribution >= 4 is 5.69 Å². The fraction of sp³-hybridized carbons (Fsp3) is 0.0714. The SMILES string of the molecule is COc1ccc(F)c(-n2nnnc2-c2ccc(N)cc2)c1. The van der Waals surface area contributed by atoms with Crippen LogP contribution in [0.2, 0.25) is 0 Å². The van der Waals surface area contributed by atoms with E-state index in [1.54, 1.807) is 24.3 Å². The number of halogens is 1. The van der Waals surface area contributed by atoms with Gasteiger partial charge in [0.2, 0.25) is 0 Å². The molecule has 0 aliphatic heterocycles. The highest BCUT2D eigenvalue weighted by Gasteiger charge is 2.15. The van der Waals surface area contributed by atoms with Crippen LogP contribution in [0.3, 0.4) is 0 Å². The lowest BCUT2D eigenvalue weighted by atomic mass is 10.2. The smallest absolute Gasteiger partial charge is 0.187 e. The second-order valence-corrected chi connectivity index (χ2v) is 4.35. The van der Waals surface area contributed by atoms with Crippen LogP contribution in [0.1, 0.15) is 0 Å². The molecule has 21 heavy (non-hydrogen) atoms. The maximum Gasteiger partial charge on any atom is 0.187 e. The Morgan fingerprint density at radius 3 is 2.62 bits per heavy atom. The maximum absolute atomic E-state index is 14.0. The van der Waals surface area contributed by atoms with Crippen LogP contribution < -0.4 is 10.5 Å². The van der Waals surface area contributed by atoms with Crippen molar-refractivity contribution in [3.8, 4) is 22.8 Å². The van der Waals surface area contributed by atoms with Gasteiger partial charge in [0.25, 0.3) is 0 Å². The number of nitrogens with zero attached hydrogens (tertiary/aromatic N) is 4. The average Bonchev–Trinajstić information content (AvgIpc) is 2.98. The normalized spacial score (nSPS) is 10.6. The molecular weight excluding hydrogens is 273 g/mol. The molecule has 1 aromatic heterocycles. The molecular formula is C14H12FN5O. The standard InChI is InChI=1S/C14H12FN5O/c1-21-11-6-7-12(15)13(8-11)20-14(17-18-19-20)9-2-4-10(16)5-3-9/h2-8H,16H2,1H3. The van der Waals surface area contributed by atoms with Crippen LogP contribution in [0.5, 0.6) is 5.75 Å². The summed E-state index contributed by atoms with van der Waals surface area (Å²) in [5.74, 6) is 0.493. The fourth-order valence-corrected chi connectivity index (χ4v) is 1.94. The molecule has 106 valence electrons. The average molecular weight is 285 g/mol. The molecule has 3 rings (SSSR count). The third-order valence-electron chi connectivity index (χ3n) is 3.02. The number of aromatic nitrogens is 4. The largest absolute Gasteiger partial charge is 0.497 e. The lowest BCUT2D eigenvalue weighted by Gasteiger charge is -2.08. The van der Waals surface area contributed by atoms with E-state index in [4.69, 9.17) is 10.5 Å². The molecule has 0 saturated heterocycles. The van der Waals surface area contributed by atoms with Crippen LogP contribution in [-0.2, 0) is 0 Å². The number of hydrogen-bond acceptors (Lipinski definition) is 5. The maximum atomic E-state index is 14.0. The monoisotopic (exact) mass is 285 g/mol. The first kappa shape index (κ1) is 13.0. The molecule has 0 bridgehead atoms. The minimum absolute atomic E-state index is 0.214. The summed E-state index contributed by atoms with van der Waals surface area (Å²) in [6.07, 6.45) is 0.